The van der Waals surface area contributed by atoms with E-state index in [0.29, 0.717) is 17.3 Å². The molecule has 1 amide bonds. The lowest BCUT2D eigenvalue weighted by molar-refractivity contribution is 0.1000. The highest BCUT2D eigenvalue weighted by Crippen LogP contribution is 2.28. The maximum Gasteiger partial charge on any atom is 0.248 e. The molecule has 80 valence electrons. The molecule has 3 nitrogen and oxygen atoms in total. The van der Waals surface area contributed by atoms with E-state index in [0.717, 1.165) is 12.8 Å². The molecule has 0 saturated heterocycles. The minimum absolute atomic E-state index is 0.209. The second kappa shape index (κ2) is 3.53. The van der Waals surface area contributed by atoms with Gasteiger partial charge in [-0.1, -0.05) is 0 Å². The average Bonchev–Trinajstić information content (AvgIpc) is 2.96. The summed E-state index contributed by atoms with van der Waals surface area (Å²) < 4.78 is 13.4. The Morgan fingerprint density at radius 3 is 2.73 bits per heavy atom. The van der Waals surface area contributed by atoms with Crippen molar-refractivity contribution >= 4 is 11.6 Å². The fourth-order valence-electron chi connectivity index (χ4n) is 1.42. The van der Waals surface area contributed by atoms with Crippen molar-refractivity contribution in [3.8, 4) is 0 Å². The molecule has 1 saturated carbocycles. The lowest BCUT2D eigenvalue weighted by Gasteiger charge is -2.10. The van der Waals surface area contributed by atoms with Crippen molar-refractivity contribution < 1.29 is 9.18 Å². The molecule has 1 aliphatic rings. The maximum atomic E-state index is 13.4. The van der Waals surface area contributed by atoms with Gasteiger partial charge in [-0.15, -0.1) is 0 Å². The highest BCUT2D eigenvalue weighted by Gasteiger charge is 2.22. The summed E-state index contributed by atoms with van der Waals surface area (Å²) in [7, 11) is 0. The number of benzene rings is 1. The molecule has 3 N–H and O–H groups in total. The molecule has 0 bridgehead atoms. The van der Waals surface area contributed by atoms with Crippen LogP contribution < -0.4 is 11.1 Å². The number of halogens is 1. The van der Waals surface area contributed by atoms with E-state index in [1.54, 1.807) is 13.0 Å². The largest absolute Gasteiger partial charge is 0.382 e. The van der Waals surface area contributed by atoms with Crippen LogP contribution in [0.2, 0.25) is 0 Å². The summed E-state index contributed by atoms with van der Waals surface area (Å²) in [6.07, 6.45) is 2.20. The molecule has 0 radical (unpaired) electrons. The lowest BCUT2D eigenvalue weighted by atomic mass is 10.1. The number of carbonyl (C=O) groups excluding carboxylic acids is 1. The van der Waals surface area contributed by atoms with Crippen molar-refractivity contribution in [3.63, 3.8) is 0 Å². The van der Waals surface area contributed by atoms with Crippen LogP contribution in [-0.2, 0) is 0 Å². The van der Waals surface area contributed by atoms with E-state index in [2.05, 4.69) is 5.32 Å². The molecule has 15 heavy (non-hydrogen) atoms. The molecule has 0 spiro atoms. The molecular formula is C11H13FN2O. The fourth-order valence-corrected chi connectivity index (χ4v) is 1.42. The highest BCUT2D eigenvalue weighted by atomic mass is 19.1. The van der Waals surface area contributed by atoms with E-state index in [1.165, 1.54) is 6.07 Å². The highest BCUT2D eigenvalue weighted by molar-refractivity contribution is 5.94. The van der Waals surface area contributed by atoms with Gasteiger partial charge in [-0.05, 0) is 31.9 Å². The van der Waals surface area contributed by atoms with E-state index in [-0.39, 0.29) is 5.56 Å². The smallest absolute Gasteiger partial charge is 0.248 e. The fraction of sp³-hybridized carbons (Fsp3) is 0.364. The van der Waals surface area contributed by atoms with Crippen LogP contribution in [-0.4, -0.2) is 11.9 Å². The Balaban J connectivity index is 2.36. The van der Waals surface area contributed by atoms with Gasteiger partial charge in [0.25, 0.3) is 0 Å². The average molecular weight is 208 g/mol. The second-order valence-corrected chi connectivity index (χ2v) is 3.91. The number of carbonyl (C=O) groups is 1. The number of rotatable bonds is 3. The number of anilines is 1. The van der Waals surface area contributed by atoms with Crippen molar-refractivity contribution in [1.82, 2.24) is 0 Å². The number of hydrogen-bond acceptors (Lipinski definition) is 2. The van der Waals surface area contributed by atoms with Crippen LogP contribution in [0.4, 0.5) is 10.1 Å². The van der Waals surface area contributed by atoms with Gasteiger partial charge in [0.1, 0.15) is 5.82 Å². The summed E-state index contributed by atoms with van der Waals surface area (Å²) >= 11 is 0. The molecule has 0 aliphatic heterocycles. The summed E-state index contributed by atoms with van der Waals surface area (Å²) in [5, 5.41) is 3.17. The first-order valence-corrected chi connectivity index (χ1v) is 4.94. The Morgan fingerprint density at radius 1 is 1.53 bits per heavy atom. The van der Waals surface area contributed by atoms with Gasteiger partial charge in [0.2, 0.25) is 5.91 Å². The van der Waals surface area contributed by atoms with Gasteiger partial charge >= 0.3 is 0 Å². The molecule has 1 aromatic carbocycles. The number of nitrogens with two attached hydrogens (primary N) is 1. The Labute approximate surface area is 87.5 Å². The van der Waals surface area contributed by atoms with Crippen LogP contribution >= 0.6 is 0 Å². The molecule has 4 heteroatoms. The zero-order valence-corrected chi connectivity index (χ0v) is 8.51. The molecule has 1 aliphatic carbocycles. The van der Waals surface area contributed by atoms with Gasteiger partial charge in [-0.2, -0.15) is 0 Å². The molecule has 0 atom stereocenters. The first-order valence-electron chi connectivity index (χ1n) is 4.94. The van der Waals surface area contributed by atoms with E-state index in [9.17, 15) is 9.18 Å². The first kappa shape index (κ1) is 9.96. The Kier molecular flexibility index (Phi) is 2.34. The van der Waals surface area contributed by atoms with Gasteiger partial charge in [0, 0.05) is 22.9 Å². The summed E-state index contributed by atoms with van der Waals surface area (Å²) in [5.41, 5.74) is 6.53. The Hall–Kier alpha value is -1.58. The summed E-state index contributed by atoms with van der Waals surface area (Å²) in [6, 6.07) is 3.21. The van der Waals surface area contributed by atoms with Crippen LogP contribution in [0.25, 0.3) is 0 Å². The van der Waals surface area contributed by atoms with Crippen molar-refractivity contribution in [2.45, 2.75) is 25.8 Å². The zero-order chi connectivity index (χ0) is 11.0. The molecule has 1 aromatic rings. The Bertz CT molecular complexity index is 413. The van der Waals surface area contributed by atoms with Gasteiger partial charge in [-0.3, -0.25) is 4.79 Å². The third-order valence-corrected chi connectivity index (χ3v) is 2.57. The predicted molar refractivity (Wildman–Crippen MR) is 56.3 cm³/mol. The third kappa shape index (κ3) is 2.09. The molecule has 2 rings (SSSR count). The number of hydrogen-bond donors (Lipinski definition) is 2. The van der Waals surface area contributed by atoms with E-state index < -0.39 is 11.7 Å². The Morgan fingerprint density at radius 2 is 2.20 bits per heavy atom. The first-order chi connectivity index (χ1) is 7.08. The van der Waals surface area contributed by atoms with Gasteiger partial charge in [0.05, 0.1) is 0 Å². The molecular weight excluding hydrogens is 195 g/mol. The van der Waals surface area contributed by atoms with Crippen molar-refractivity contribution in [1.29, 1.82) is 0 Å². The monoisotopic (exact) mass is 208 g/mol. The van der Waals surface area contributed by atoms with Gasteiger partial charge in [-0.25, -0.2) is 4.39 Å². The van der Waals surface area contributed by atoms with Crippen molar-refractivity contribution in [2.24, 2.45) is 5.73 Å². The van der Waals surface area contributed by atoms with Crippen LogP contribution in [0.15, 0.2) is 12.1 Å². The predicted octanol–water partition coefficient (Wildman–Crippen LogP) is 1.81. The van der Waals surface area contributed by atoms with Crippen LogP contribution in [0, 0.1) is 12.7 Å². The molecule has 0 unspecified atom stereocenters. The minimum atomic E-state index is -0.604. The third-order valence-electron chi connectivity index (χ3n) is 2.57. The topological polar surface area (TPSA) is 55.1 Å². The summed E-state index contributed by atoms with van der Waals surface area (Å²) in [4.78, 5) is 10.9. The minimum Gasteiger partial charge on any atom is -0.382 e. The van der Waals surface area contributed by atoms with E-state index in [4.69, 9.17) is 5.73 Å². The van der Waals surface area contributed by atoms with Crippen LogP contribution in [0.5, 0.6) is 0 Å². The van der Waals surface area contributed by atoms with Crippen molar-refractivity contribution in [3.05, 3.63) is 29.1 Å². The normalized spacial score (nSPS) is 15.1. The second-order valence-electron chi connectivity index (χ2n) is 3.91. The van der Waals surface area contributed by atoms with E-state index >= 15 is 0 Å². The number of nitrogens with one attached hydrogen (secondary N) is 1. The molecule has 0 heterocycles. The molecule has 0 aromatic heterocycles. The van der Waals surface area contributed by atoms with Gasteiger partial charge < -0.3 is 11.1 Å². The standard InChI is InChI=1S/C11H13FN2O/c1-6-9(12)4-7(11(13)15)5-10(6)14-8-2-3-8/h4-5,8,14H,2-3H2,1H3,(H2,13,15). The summed E-state index contributed by atoms with van der Waals surface area (Å²) in [6.45, 7) is 1.69. The van der Waals surface area contributed by atoms with Crippen LogP contribution in [0.1, 0.15) is 28.8 Å². The molecule has 1 fully saturated rings. The lowest BCUT2D eigenvalue weighted by Crippen LogP contribution is -2.13. The van der Waals surface area contributed by atoms with E-state index in [1.807, 2.05) is 0 Å². The SMILES string of the molecule is Cc1c(F)cc(C(N)=O)cc1NC1CC1. The summed E-state index contributed by atoms with van der Waals surface area (Å²) in [5.74, 6) is -0.998. The number of amides is 1. The van der Waals surface area contributed by atoms with Crippen LogP contribution in [0.3, 0.4) is 0 Å². The zero-order valence-electron chi connectivity index (χ0n) is 8.51. The number of primary amides is 1. The maximum absolute atomic E-state index is 13.4. The van der Waals surface area contributed by atoms with Crippen molar-refractivity contribution in [2.75, 3.05) is 5.32 Å². The van der Waals surface area contributed by atoms with Gasteiger partial charge in [0.15, 0.2) is 0 Å². The quantitative estimate of drug-likeness (QED) is 0.795.